The number of carboxylic acid groups (broad SMARTS) is 1. The normalized spacial score (nSPS) is 11.9. The summed E-state index contributed by atoms with van der Waals surface area (Å²) in [6.45, 7) is 1.29. The molecule has 3 N–H and O–H groups in total. The number of carbonyl (C=O) groups excluding carboxylic acids is 1. The summed E-state index contributed by atoms with van der Waals surface area (Å²) in [5.74, 6) is -0.748. The van der Waals surface area contributed by atoms with Gasteiger partial charge in [0.2, 0.25) is 0 Å². The van der Waals surface area contributed by atoms with Crippen molar-refractivity contribution >= 4 is 12.0 Å². The van der Waals surface area contributed by atoms with E-state index in [-0.39, 0.29) is 6.54 Å². The van der Waals surface area contributed by atoms with Gasteiger partial charge in [0.25, 0.3) is 0 Å². The summed E-state index contributed by atoms with van der Waals surface area (Å²) in [4.78, 5) is 22.9. The molecule has 1 heterocycles. The van der Waals surface area contributed by atoms with Gasteiger partial charge in [-0.2, -0.15) is 5.21 Å². The maximum atomic E-state index is 11.4. The Hall–Kier alpha value is -2.19. The topological polar surface area (TPSA) is 124 Å². The molecule has 16 heavy (non-hydrogen) atoms. The Bertz CT molecular complexity index is 364. The van der Waals surface area contributed by atoms with Crippen LogP contribution < -0.4 is 5.32 Å². The maximum Gasteiger partial charge on any atom is 0.323 e. The van der Waals surface area contributed by atoms with Gasteiger partial charge < -0.3 is 15.3 Å². The first-order valence-electron chi connectivity index (χ1n) is 4.47. The van der Waals surface area contributed by atoms with Crippen LogP contribution in [0.15, 0.2) is 0 Å². The van der Waals surface area contributed by atoms with Gasteiger partial charge >= 0.3 is 12.0 Å². The van der Waals surface area contributed by atoms with Crippen LogP contribution in [0.4, 0.5) is 4.79 Å². The van der Waals surface area contributed by atoms with E-state index in [0.717, 1.165) is 4.90 Å². The summed E-state index contributed by atoms with van der Waals surface area (Å²) < 4.78 is 0. The van der Waals surface area contributed by atoms with Crippen molar-refractivity contribution < 1.29 is 14.7 Å². The molecule has 1 aromatic heterocycles. The Kier molecular flexibility index (Phi) is 3.75. The van der Waals surface area contributed by atoms with Crippen LogP contribution >= 0.6 is 0 Å². The maximum absolute atomic E-state index is 11.4. The summed E-state index contributed by atoms with van der Waals surface area (Å²) in [7, 11) is 1.38. The number of hydrogen-bond donors (Lipinski definition) is 3. The quantitative estimate of drug-likeness (QED) is 0.606. The Morgan fingerprint density at radius 2 is 2.31 bits per heavy atom. The molecule has 9 heteroatoms. The zero-order chi connectivity index (χ0) is 12.1. The van der Waals surface area contributed by atoms with E-state index in [1.165, 1.54) is 7.05 Å². The lowest BCUT2D eigenvalue weighted by atomic mass is 10.3. The third-order valence-electron chi connectivity index (χ3n) is 1.81. The summed E-state index contributed by atoms with van der Waals surface area (Å²) in [6.07, 6.45) is 0. The lowest BCUT2D eigenvalue weighted by Gasteiger charge is -2.17. The van der Waals surface area contributed by atoms with E-state index in [1.807, 2.05) is 0 Å². The van der Waals surface area contributed by atoms with Crippen molar-refractivity contribution in [2.45, 2.75) is 13.0 Å². The summed E-state index contributed by atoms with van der Waals surface area (Å²) in [6, 6.07) is -0.956. The molecular formula is C7H12N6O3. The fraction of sp³-hybridized carbons (Fsp3) is 0.571. The fourth-order valence-electron chi connectivity index (χ4n) is 0.988. The van der Waals surface area contributed by atoms with Gasteiger partial charge in [0.15, 0.2) is 5.82 Å². The minimum absolute atomic E-state index is 0.331. The van der Waals surface area contributed by atoms with Crippen LogP contribution in [0.1, 0.15) is 18.8 Å². The Morgan fingerprint density at radius 1 is 1.62 bits per heavy atom. The van der Waals surface area contributed by atoms with Crippen LogP contribution in [0.5, 0.6) is 0 Å². The zero-order valence-corrected chi connectivity index (χ0v) is 8.84. The molecular weight excluding hydrogens is 216 g/mol. The van der Waals surface area contributed by atoms with E-state index in [9.17, 15) is 9.59 Å². The van der Waals surface area contributed by atoms with Crippen molar-refractivity contribution in [2.24, 2.45) is 0 Å². The van der Waals surface area contributed by atoms with Crippen molar-refractivity contribution in [1.82, 2.24) is 30.8 Å². The van der Waals surface area contributed by atoms with Crippen molar-refractivity contribution in [3.8, 4) is 0 Å². The monoisotopic (exact) mass is 228 g/mol. The molecule has 0 aliphatic carbocycles. The first kappa shape index (κ1) is 11.9. The van der Waals surface area contributed by atoms with E-state index < -0.39 is 18.0 Å². The minimum atomic E-state index is -1.08. The minimum Gasteiger partial charge on any atom is -0.480 e. The molecule has 2 amide bonds. The number of aromatic amines is 1. The van der Waals surface area contributed by atoms with Gasteiger partial charge in [0.1, 0.15) is 6.54 Å². The van der Waals surface area contributed by atoms with Crippen molar-refractivity contribution in [2.75, 3.05) is 13.6 Å². The molecule has 0 radical (unpaired) electrons. The van der Waals surface area contributed by atoms with Crippen molar-refractivity contribution in [1.29, 1.82) is 0 Å². The molecule has 0 spiro atoms. The predicted octanol–water partition coefficient (Wildman–Crippen LogP) is -1.01. The number of aromatic nitrogens is 4. The number of carbonyl (C=O) groups is 2. The highest BCUT2D eigenvalue weighted by Gasteiger charge is 2.17. The molecule has 9 nitrogen and oxygen atoms in total. The molecule has 0 bridgehead atoms. The van der Waals surface area contributed by atoms with Crippen LogP contribution in [0.25, 0.3) is 0 Å². The van der Waals surface area contributed by atoms with Gasteiger partial charge in [-0.1, -0.05) is 5.21 Å². The Labute approximate surface area is 90.8 Å². The van der Waals surface area contributed by atoms with Crippen LogP contribution in [0.2, 0.25) is 0 Å². The molecule has 1 unspecified atom stereocenters. The van der Waals surface area contributed by atoms with E-state index >= 15 is 0 Å². The van der Waals surface area contributed by atoms with Crippen molar-refractivity contribution in [3.05, 3.63) is 5.82 Å². The molecule has 0 aliphatic heterocycles. The number of nitrogens with one attached hydrogen (secondary N) is 2. The number of tetrazole rings is 1. The molecule has 1 atom stereocenters. The van der Waals surface area contributed by atoms with Gasteiger partial charge in [-0.25, -0.2) is 4.79 Å². The number of H-pyrrole nitrogens is 1. The number of nitrogens with zero attached hydrogens (tertiary/aromatic N) is 4. The first-order chi connectivity index (χ1) is 7.50. The van der Waals surface area contributed by atoms with Gasteiger partial charge in [0.05, 0.1) is 6.04 Å². The second-order valence-corrected chi connectivity index (χ2v) is 3.19. The summed E-state index contributed by atoms with van der Waals surface area (Å²) in [5.41, 5.74) is 0. The SMILES string of the molecule is CC(NC(=O)N(C)CC(=O)O)c1nn[nH]n1. The number of rotatable bonds is 4. The average molecular weight is 228 g/mol. The fourth-order valence-corrected chi connectivity index (χ4v) is 0.988. The third-order valence-corrected chi connectivity index (χ3v) is 1.81. The lowest BCUT2D eigenvalue weighted by molar-refractivity contribution is -0.137. The standard InChI is InChI=1S/C7H12N6O3/c1-4(6-9-11-12-10-6)8-7(16)13(2)3-5(14)15/h4H,3H2,1-2H3,(H,8,16)(H,14,15)(H,9,10,11,12). The molecule has 1 rings (SSSR count). The zero-order valence-electron chi connectivity index (χ0n) is 8.84. The summed E-state index contributed by atoms with van der Waals surface area (Å²) in [5, 5.41) is 24.0. The molecule has 1 aromatic rings. The number of carboxylic acids is 1. The predicted molar refractivity (Wildman–Crippen MR) is 51.4 cm³/mol. The van der Waals surface area contributed by atoms with Crippen LogP contribution in [0.3, 0.4) is 0 Å². The first-order valence-corrected chi connectivity index (χ1v) is 4.47. The molecule has 0 fully saturated rings. The number of urea groups is 1. The number of amides is 2. The van der Waals surface area contributed by atoms with E-state index in [0.29, 0.717) is 5.82 Å². The summed E-state index contributed by atoms with van der Waals surface area (Å²) >= 11 is 0. The highest BCUT2D eigenvalue weighted by molar-refractivity contribution is 5.79. The van der Waals surface area contributed by atoms with E-state index in [1.54, 1.807) is 6.92 Å². The number of hydrogen-bond acceptors (Lipinski definition) is 5. The largest absolute Gasteiger partial charge is 0.480 e. The second-order valence-electron chi connectivity index (χ2n) is 3.19. The molecule has 0 saturated carbocycles. The van der Waals surface area contributed by atoms with Gasteiger partial charge in [-0.15, -0.1) is 10.2 Å². The van der Waals surface area contributed by atoms with Crippen LogP contribution in [-0.4, -0.2) is 56.2 Å². The molecule has 0 saturated heterocycles. The lowest BCUT2D eigenvalue weighted by Crippen LogP contribution is -2.41. The van der Waals surface area contributed by atoms with E-state index in [2.05, 4.69) is 25.9 Å². The van der Waals surface area contributed by atoms with E-state index in [4.69, 9.17) is 5.11 Å². The second kappa shape index (κ2) is 5.05. The van der Waals surface area contributed by atoms with Gasteiger partial charge in [-0.3, -0.25) is 4.79 Å². The third kappa shape index (κ3) is 3.19. The smallest absolute Gasteiger partial charge is 0.323 e. The Morgan fingerprint density at radius 3 is 2.81 bits per heavy atom. The number of aliphatic carboxylic acids is 1. The average Bonchev–Trinajstić information content (AvgIpc) is 2.68. The molecule has 88 valence electrons. The number of likely N-dealkylation sites (N-methyl/N-ethyl adjacent to an activating group) is 1. The van der Waals surface area contributed by atoms with Gasteiger partial charge in [-0.05, 0) is 6.92 Å². The van der Waals surface area contributed by atoms with Crippen LogP contribution in [-0.2, 0) is 4.79 Å². The Balaban J connectivity index is 2.48. The van der Waals surface area contributed by atoms with Gasteiger partial charge in [0, 0.05) is 7.05 Å². The highest BCUT2D eigenvalue weighted by atomic mass is 16.4. The van der Waals surface area contributed by atoms with Crippen molar-refractivity contribution in [3.63, 3.8) is 0 Å². The molecule has 0 aromatic carbocycles. The molecule has 0 aliphatic rings. The highest BCUT2D eigenvalue weighted by Crippen LogP contribution is 2.03. The van der Waals surface area contributed by atoms with Crippen LogP contribution in [0, 0.1) is 0 Å².